The molecule has 0 amide bonds. The van der Waals surface area contributed by atoms with Crippen LogP contribution in [0.1, 0.15) is 25.3 Å². The Bertz CT molecular complexity index is 548. The largest absolute Gasteiger partial charge is 0.406 e. The molecule has 6 heteroatoms. The van der Waals surface area contributed by atoms with E-state index in [0.717, 1.165) is 12.1 Å². The van der Waals surface area contributed by atoms with Crippen LogP contribution < -0.4 is 10.6 Å². The zero-order valence-corrected chi connectivity index (χ0v) is 11.9. The molecule has 2 aromatic rings. The average molecular weight is 278 g/mol. The third-order valence-corrected chi connectivity index (χ3v) is 2.75. The molecule has 1 heterocycles. The SMILES string of the molecule is Cc1cccc(F)c1Nc1nnc(CNCC(C)C)o1. The molecule has 0 aliphatic carbocycles. The third kappa shape index (κ3) is 3.77. The van der Waals surface area contributed by atoms with Crippen LogP contribution in [0, 0.1) is 18.7 Å². The second-order valence-corrected chi connectivity index (χ2v) is 5.08. The highest BCUT2D eigenvalue weighted by molar-refractivity contribution is 5.57. The van der Waals surface area contributed by atoms with Crippen molar-refractivity contribution in [1.82, 2.24) is 15.5 Å². The molecule has 20 heavy (non-hydrogen) atoms. The maximum absolute atomic E-state index is 13.7. The van der Waals surface area contributed by atoms with Crippen LogP contribution in [0.5, 0.6) is 0 Å². The van der Waals surface area contributed by atoms with E-state index in [1.807, 2.05) is 13.0 Å². The first-order chi connectivity index (χ1) is 9.56. The van der Waals surface area contributed by atoms with E-state index in [-0.39, 0.29) is 11.8 Å². The van der Waals surface area contributed by atoms with E-state index in [2.05, 4.69) is 34.7 Å². The Kier molecular flexibility index (Phi) is 4.68. The summed E-state index contributed by atoms with van der Waals surface area (Å²) in [6, 6.07) is 5.05. The number of aryl methyl sites for hydroxylation is 1. The number of anilines is 2. The molecule has 0 unspecified atom stereocenters. The van der Waals surface area contributed by atoms with Crippen LogP contribution in [0.3, 0.4) is 0 Å². The van der Waals surface area contributed by atoms with Crippen molar-refractivity contribution in [3.05, 3.63) is 35.5 Å². The van der Waals surface area contributed by atoms with Crippen molar-refractivity contribution in [3.63, 3.8) is 0 Å². The smallest absolute Gasteiger partial charge is 0.320 e. The quantitative estimate of drug-likeness (QED) is 0.850. The lowest BCUT2D eigenvalue weighted by Gasteiger charge is -2.06. The van der Waals surface area contributed by atoms with Gasteiger partial charge in [0.15, 0.2) is 0 Å². The Hall–Kier alpha value is -1.95. The number of para-hydroxylation sites is 1. The zero-order valence-electron chi connectivity index (χ0n) is 11.9. The number of aromatic nitrogens is 2. The number of hydrogen-bond acceptors (Lipinski definition) is 5. The van der Waals surface area contributed by atoms with Gasteiger partial charge in [0.1, 0.15) is 5.82 Å². The Balaban J connectivity index is 1.99. The van der Waals surface area contributed by atoms with Gasteiger partial charge in [0.05, 0.1) is 12.2 Å². The molecule has 0 saturated carbocycles. The van der Waals surface area contributed by atoms with Crippen molar-refractivity contribution >= 4 is 11.7 Å². The molecular weight excluding hydrogens is 259 g/mol. The van der Waals surface area contributed by atoms with Crippen molar-refractivity contribution in [1.29, 1.82) is 0 Å². The standard InChI is InChI=1S/C14H19FN4O/c1-9(2)7-16-8-12-18-19-14(20-12)17-13-10(3)5-4-6-11(13)15/h4-6,9,16H,7-8H2,1-3H3,(H,17,19). The molecule has 0 bridgehead atoms. The molecule has 0 saturated heterocycles. The summed E-state index contributed by atoms with van der Waals surface area (Å²) in [6.07, 6.45) is 0. The molecule has 0 fully saturated rings. The number of hydrogen-bond donors (Lipinski definition) is 2. The Labute approximate surface area is 117 Å². The minimum Gasteiger partial charge on any atom is -0.406 e. The topological polar surface area (TPSA) is 63.0 Å². The predicted octanol–water partition coefficient (Wildman–Crippen LogP) is 3.01. The molecule has 0 atom stereocenters. The normalized spacial score (nSPS) is 11.1. The zero-order chi connectivity index (χ0) is 14.5. The van der Waals surface area contributed by atoms with Gasteiger partial charge in [-0.05, 0) is 31.0 Å². The van der Waals surface area contributed by atoms with Crippen LogP contribution in [-0.4, -0.2) is 16.7 Å². The molecule has 2 N–H and O–H groups in total. The maximum Gasteiger partial charge on any atom is 0.320 e. The molecular formula is C14H19FN4O. The minimum absolute atomic E-state index is 0.194. The lowest BCUT2D eigenvalue weighted by Crippen LogP contribution is -2.19. The molecule has 0 aliphatic heterocycles. The summed E-state index contributed by atoms with van der Waals surface area (Å²) >= 11 is 0. The van der Waals surface area contributed by atoms with Gasteiger partial charge in [-0.25, -0.2) is 4.39 Å². The first-order valence-corrected chi connectivity index (χ1v) is 6.61. The highest BCUT2D eigenvalue weighted by atomic mass is 19.1. The number of nitrogens with zero attached hydrogens (tertiary/aromatic N) is 2. The van der Waals surface area contributed by atoms with E-state index >= 15 is 0 Å². The van der Waals surface area contributed by atoms with Crippen molar-refractivity contribution in [2.24, 2.45) is 5.92 Å². The predicted molar refractivity (Wildman–Crippen MR) is 75.3 cm³/mol. The fourth-order valence-corrected chi connectivity index (χ4v) is 1.74. The van der Waals surface area contributed by atoms with E-state index in [1.165, 1.54) is 6.07 Å². The highest BCUT2D eigenvalue weighted by Crippen LogP contribution is 2.22. The Morgan fingerprint density at radius 1 is 1.30 bits per heavy atom. The molecule has 108 valence electrons. The summed E-state index contributed by atoms with van der Waals surface area (Å²) in [6.45, 7) is 7.43. The van der Waals surface area contributed by atoms with E-state index in [0.29, 0.717) is 24.0 Å². The molecule has 0 spiro atoms. The summed E-state index contributed by atoms with van der Waals surface area (Å²) in [5.74, 6) is 0.682. The van der Waals surface area contributed by atoms with Crippen molar-refractivity contribution < 1.29 is 8.81 Å². The van der Waals surface area contributed by atoms with E-state index in [1.54, 1.807) is 6.07 Å². The molecule has 0 radical (unpaired) electrons. The second kappa shape index (κ2) is 6.47. The molecule has 0 aliphatic rings. The number of halogens is 1. The number of rotatable bonds is 6. The van der Waals surface area contributed by atoms with Gasteiger partial charge in [-0.2, -0.15) is 0 Å². The lowest BCUT2D eigenvalue weighted by atomic mass is 10.2. The summed E-state index contributed by atoms with van der Waals surface area (Å²) in [5, 5.41) is 13.8. The van der Waals surface area contributed by atoms with Gasteiger partial charge >= 0.3 is 6.01 Å². The van der Waals surface area contributed by atoms with Crippen molar-refractivity contribution in [2.75, 3.05) is 11.9 Å². The molecule has 2 rings (SSSR count). The van der Waals surface area contributed by atoms with E-state index < -0.39 is 0 Å². The first-order valence-electron chi connectivity index (χ1n) is 6.61. The van der Waals surface area contributed by atoms with Crippen LogP contribution in [0.2, 0.25) is 0 Å². The molecule has 1 aromatic heterocycles. The maximum atomic E-state index is 13.7. The highest BCUT2D eigenvalue weighted by Gasteiger charge is 2.10. The molecule has 5 nitrogen and oxygen atoms in total. The monoisotopic (exact) mass is 278 g/mol. The van der Waals surface area contributed by atoms with E-state index in [4.69, 9.17) is 4.42 Å². The Morgan fingerprint density at radius 3 is 2.80 bits per heavy atom. The van der Waals surface area contributed by atoms with Crippen LogP contribution in [0.25, 0.3) is 0 Å². The number of benzene rings is 1. The Morgan fingerprint density at radius 2 is 2.10 bits per heavy atom. The van der Waals surface area contributed by atoms with Gasteiger partial charge in [0.25, 0.3) is 0 Å². The summed E-state index contributed by atoms with van der Waals surface area (Å²) in [4.78, 5) is 0. The van der Waals surface area contributed by atoms with Gasteiger partial charge < -0.3 is 15.1 Å². The first kappa shape index (κ1) is 14.5. The average Bonchev–Trinajstić information content (AvgIpc) is 2.81. The summed E-state index contributed by atoms with van der Waals surface area (Å²) in [5.41, 5.74) is 1.14. The van der Waals surface area contributed by atoms with Crippen molar-refractivity contribution in [2.45, 2.75) is 27.3 Å². The van der Waals surface area contributed by atoms with Crippen LogP contribution >= 0.6 is 0 Å². The van der Waals surface area contributed by atoms with E-state index in [9.17, 15) is 4.39 Å². The van der Waals surface area contributed by atoms with Crippen LogP contribution in [0.15, 0.2) is 22.6 Å². The van der Waals surface area contributed by atoms with Crippen LogP contribution in [-0.2, 0) is 6.54 Å². The summed E-state index contributed by atoms with van der Waals surface area (Å²) in [7, 11) is 0. The minimum atomic E-state index is -0.345. The third-order valence-electron chi connectivity index (χ3n) is 2.75. The van der Waals surface area contributed by atoms with Crippen LogP contribution in [0.4, 0.5) is 16.1 Å². The van der Waals surface area contributed by atoms with Gasteiger partial charge in [0, 0.05) is 0 Å². The fourth-order valence-electron chi connectivity index (χ4n) is 1.74. The fraction of sp³-hybridized carbons (Fsp3) is 0.429. The van der Waals surface area contributed by atoms with Crippen molar-refractivity contribution in [3.8, 4) is 0 Å². The molecule has 1 aromatic carbocycles. The van der Waals surface area contributed by atoms with Gasteiger partial charge in [-0.1, -0.05) is 31.1 Å². The number of nitrogens with one attached hydrogen (secondary N) is 2. The summed E-state index contributed by atoms with van der Waals surface area (Å²) < 4.78 is 19.1. The van der Waals surface area contributed by atoms with Gasteiger partial charge in [-0.15, -0.1) is 5.10 Å². The lowest BCUT2D eigenvalue weighted by molar-refractivity contribution is 0.460. The second-order valence-electron chi connectivity index (χ2n) is 5.08. The van der Waals surface area contributed by atoms with Gasteiger partial charge in [-0.3, -0.25) is 0 Å². The van der Waals surface area contributed by atoms with Gasteiger partial charge in [0.2, 0.25) is 5.89 Å².